The summed E-state index contributed by atoms with van der Waals surface area (Å²) < 4.78 is 18.6. The minimum absolute atomic E-state index is 0.194. The number of hydrogen-bond acceptors (Lipinski definition) is 4. The first kappa shape index (κ1) is 13.8. The average molecular weight is 279 g/mol. The fraction of sp³-hybridized carbons (Fsp3) is 0.600. The summed E-state index contributed by atoms with van der Waals surface area (Å²) in [5.74, 6) is 0.581. The van der Waals surface area contributed by atoms with Gasteiger partial charge in [-0.2, -0.15) is 0 Å². The third kappa shape index (κ3) is 2.95. The normalized spacial score (nSPS) is 21.7. The van der Waals surface area contributed by atoms with Crippen LogP contribution < -0.4 is 10.1 Å². The summed E-state index contributed by atoms with van der Waals surface area (Å²) in [5, 5.41) is 3.38. The SMILES string of the molecule is COc1ccc(F)cc1CN1CC(N2CCNCC2)C1. The van der Waals surface area contributed by atoms with Crippen LogP contribution in [0.25, 0.3) is 0 Å². The van der Waals surface area contributed by atoms with E-state index in [0.717, 1.165) is 57.1 Å². The molecule has 2 heterocycles. The van der Waals surface area contributed by atoms with Crippen molar-refractivity contribution in [2.24, 2.45) is 0 Å². The fourth-order valence-corrected chi connectivity index (χ4v) is 3.06. The van der Waals surface area contributed by atoms with Gasteiger partial charge in [0.25, 0.3) is 0 Å². The lowest BCUT2D eigenvalue weighted by Gasteiger charge is -2.47. The monoisotopic (exact) mass is 279 g/mol. The molecule has 2 fully saturated rings. The van der Waals surface area contributed by atoms with Gasteiger partial charge in [0, 0.05) is 57.4 Å². The number of piperazine rings is 1. The first-order valence-corrected chi connectivity index (χ1v) is 7.26. The summed E-state index contributed by atoms with van der Waals surface area (Å²) in [6, 6.07) is 5.40. The van der Waals surface area contributed by atoms with Gasteiger partial charge < -0.3 is 10.1 Å². The van der Waals surface area contributed by atoms with E-state index >= 15 is 0 Å². The summed E-state index contributed by atoms with van der Waals surface area (Å²) in [6.07, 6.45) is 0. The van der Waals surface area contributed by atoms with E-state index in [9.17, 15) is 4.39 Å². The molecule has 1 N–H and O–H groups in total. The third-order valence-corrected chi connectivity index (χ3v) is 4.24. The maximum atomic E-state index is 13.3. The highest BCUT2D eigenvalue weighted by atomic mass is 19.1. The molecule has 1 aromatic rings. The zero-order valence-corrected chi connectivity index (χ0v) is 11.9. The molecule has 0 amide bonds. The molecule has 2 saturated heterocycles. The zero-order valence-electron chi connectivity index (χ0n) is 11.9. The van der Waals surface area contributed by atoms with Gasteiger partial charge in [-0.15, -0.1) is 0 Å². The Balaban J connectivity index is 1.54. The number of benzene rings is 1. The Kier molecular flexibility index (Phi) is 4.19. The molecular formula is C15H22FN3O. The second-order valence-corrected chi connectivity index (χ2v) is 5.59. The molecule has 5 heteroatoms. The molecule has 2 aliphatic heterocycles. The Hall–Kier alpha value is -1.17. The van der Waals surface area contributed by atoms with Gasteiger partial charge in [-0.25, -0.2) is 4.39 Å². The Morgan fingerprint density at radius 1 is 1.30 bits per heavy atom. The van der Waals surface area contributed by atoms with Crippen molar-refractivity contribution in [3.63, 3.8) is 0 Å². The molecule has 3 rings (SSSR count). The van der Waals surface area contributed by atoms with Crippen LogP contribution in [-0.4, -0.2) is 62.2 Å². The number of hydrogen-bond donors (Lipinski definition) is 1. The van der Waals surface area contributed by atoms with Gasteiger partial charge in [-0.1, -0.05) is 0 Å². The van der Waals surface area contributed by atoms with Gasteiger partial charge in [0.2, 0.25) is 0 Å². The molecule has 110 valence electrons. The van der Waals surface area contributed by atoms with Crippen LogP contribution in [0.2, 0.25) is 0 Å². The highest BCUT2D eigenvalue weighted by molar-refractivity contribution is 5.34. The van der Waals surface area contributed by atoms with Crippen LogP contribution in [0, 0.1) is 5.82 Å². The number of halogens is 1. The Morgan fingerprint density at radius 3 is 2.75 bits per heavy atom. The predicted octanol–water partition coefficient (Wildman–Crippen LogP) is 0.924. The van der Waals surface area contributed by atoms with Gasteiger partial charge in [-0.3, -0.25) is 9.80 Å². The Bertz CT molecular complexity index is 456. The summed E-state index contributed by atoms with van der Waals surface area (Å²) in [4.78, 5) is 4.90. The van der Waals surface area contributed by atoms with E-state index in [1.807, 2.05) is 0 Å². The largest absolute Gasteiger partial charge is 0.496 e. The minimum Gasteiger partial charge on any atom is -0.496 e. The van der Waals surface area contributed by atoms with Crippen LogP contribution in [0.15, 0.2) is 18.2 Å². The molecule has 0 unspecified atom stereocenters. The van der Waals surface area contributed by atoms with Crippen molar-refractivity contribution >= 4 is 0 Å². The van der Waals surface area contributed by atoms with Crippen molar-refractivity contribution in [3.8, 4) is 5.75 Å². The molecule has 0 aliphatic carbocycles. The number of ether oxygens (including phenoxy) is 1. The maximum absolute atomic E-state index is 13.3. The quantitative estimate of drug-likeness (QED) is 0.887. The van der Waals surface area contributed by atoms with Crippen LogP contribution in [0.5, 0.6) is 5.75 Å². The summed E-state index contributed by atoms with van der Waals surface area (Å²) in [7, 11) is 1.64. The van der Waals surface area contributed by atoms with Gasteiger partial charge in [0.1, 0.15) is 11.6 Å². The average Bonchev–Trinajstić information content (AvgIpc) is 2.43. The second kappa shape index (κ2) is 6.08. The number of nitrogens with zero attached hydrogens (tertiary/aromatic N) is 2. The molecule has 2 aliphatic rings. The topological polar surface area (TPSA) is 27.7 Å². The smallest absolute Gasteiger partial charge is 0.123 e. The molecule has 0 radical (unpaired) electrons. The van der Waals surface area contributed by atoms with Crippen LogP contribution in [0.4, 0.5) is 4.39 Å². The molecule has 1 aromatic carbocycles. The standard InChI is InChI=1S/C15H22FN3O/c1-20-15-3-2-13(16)8-12(15)9-18-10-14(11-18)19-6-4-17-5-7-19/h2-3,8,14,17H,4-7,9-11H2,1H3. The van der Waals surface area contributed by atoms with E-state index < -0.39 is 0 Å². The van der Waals surface area contributed by atoms with E-state index in [4.69, 9.17) is 4.74 Å². The summed E-state index contributed by atoms with van der Waals surface area (Å²) >= 11 is 0. The number of nitrogens with one attached hydrogen (secondary N) is 1. The fourth-order valence-electron chi connectivity index (χ4n) is 3.06. The van der Waals surface area contributed by atoms with E-state index in [1.54, 1.807) is 19.2 Å². The molecule has 0 bridgehead atoms. The van der Waals surface area contributed by atoms with Crippen molar-refractivity contribution in [2.45, 2.75) is 12.6 Å². The second-order valence-electron chi connectivity index (χ2n) is 5.59. The summed E-state index contributed by atoms with van der Waals surface area (Å²) in [6.45, 7) is 7.37. The van der Waals surface area contributed by atoms with Crippen molar-refractivity contribution in [3.05, 3.63) is 29.6 Å². The molecule has 0 spiro atoms. The molecule has 4 nitrogen and oxygen atoms in total. The highest BCUT2D eigenvalue weighted by Crippen LogP contribution is 2.24. The van der Waals surface area contributed by atoms with E-state index in [2.05, 4.69) is 15.1 Å². The molecule has 0 aromatic heterocycles. The van der Waals surface area contributed by atoms with E-state index in [-0.39, 0.29) is 5.82 Å². The van der Waals surface area contributed by atoms with Crippen molar-refractivity contribution in [1.82, 2.24) is 15.1 Å². The van der Waals surface area contributed by atoms with Crippen LogP contribution in [0.3, 0.4) is 0 Å². The minimum atomic E-state index is -0.194. The lowest BCUT2D eigenvalue weighted by molar-refractivity contribution is 0.0219. The van der Waals surface area contributed by atoms with Crippen molar-refractivity contribution in [1.29, 1.82) is 0 Å². The predicted molar refractivity (Wildman–Crippen MR) is 76.5 cm³/mol. The van der Waals surface area contributed by atoms with Crippen molar-refractivity contribution in [2.75, 3.05) is 46.4 Å². The van der Waals surface area contributed by atoms with Gasteiger partial charge >= 0.3 is 0 Å². The van der Waals surface area contributed by atoms with Crippen LogP contribution in [-0.2, 0) is 6.54 Å². The Labute approximate surface area is 119 Å². The van der Waals surface area contributed by atoms with Gasteiger partial charge in [0.15, 0.2) is 0 Å². The molecule has 20 heavy (non-hydrogen) atoms. The zero-order chi connectivity index (χ0) is 13.9. The van der Waals surface area contributed by atoms with Gasteiger partial charge in [0.05, 0.1) is 7.11 Å². The highest BCUT2D eigenvalue weighted by Gasteiger charge is 2.32. The van der Waals surface area contributed by atoms with Gasteiger partial charge in [-0.05, 0) is 18.2 Å². The maximum Gasteiger partial charge on any atom is 0.123 e. The molecule has 0 atom stereocenters. The van der Waals surface area contributed by atoms with Crippen molar-refractivity contribution < 1.29 is 9.13 Å². The Morgan fingerprint density at radius 2 is 2.05 bits per heavy atom. The number of likely N-dealkylation sites (tertiary alicyclic amines) is 1. The van der Waals surface area contributed by atoms with Crippen LogP contribution in [0.1, 0.15) is 5.56 Å². The first-order chi connectivity index (χ1) is 9.76. The first-order valence-electron chi connectivity index (χ1n) is 7.26. The number of rotatable bonds is 4. The third-order valence-electron chi connectivity index (χ3n) is 4.24. The lowest BCUT2D eigenvalue weighted by atomic mass is 10.0. The molecule has 0 saturated carbocycles. The number of methoxy groups -OCH3 is 1. The van der Waals surface area contributed by atoms with E-state index in [0.29, 0.717) is 6.04 Å². The summed E-state index contributed by atoms with van der Waals surface area (Å²) in [5.41, 5.74) is 0.936. The lowest BCUT2D eigenvalue weighted by Crippen LogP contribution is -2.62. The van der Waals surface area contributed by atoms with Crippen LogP contribution >= 0.6 is 0 Å². The van der Waals surface area contributed by atoms with E-state index in [1.165, 1.54) is 6.07 Å². The molecular weight excluding hydrogens is 257 g/mol.